The fourth-order valence-corrected chi connectivity index (χ4v) is 2.75. The molecule has 0 atom stereocenters. The molecule has 23 heavy (non-hydrogen) atoms. The van der Waals surface area contributed by atoms with Gasteiger partial charge in [-0.2, -0.15) is 5.26 Å². The summed E-state index contributed by atoms with van der Waals surface area (Å²) < 4.78 is 0. The van der Waals surface area contributed by atoms with Crippen LogP contribution in [-0.2, 0) is 4.79 Å². The Morgan fingerprint density at radius 3 is 2.83 bits per heavy atom. The molecule has 0 spiro atoms. The van der Waals surface area contributed by atoms with Gasteiger partial charge in [-0.3, -0.25) is 4.79 Å². The summed E-state index contributed by atoms with van der Waals surface area (Å²) in [6.07, 6.45) is 3.61. The van der Waals surface area contributed by atoms with Gasteiger partial charge in [0.05, 0.1) is 17.8 Å². The van der Waals surface area contributed by atoms with Gasteiger partial charge >= 0.3 is 0 Å². The first-order chi connectivity index (χ1) is 11.1. The van der Waals surface area contributed by atoms with Crippen molar-refractivity contribution in [2.24, 2.45) is 0 Å². The number of hydrogen-bond donors (Lipinski definition) is 1. The maximum Gasteiger partial charge on any atom is 0.243 e. The van der Waals surface area contributed by atoms with Crippen molar-refractivity contribution in [1.29, 1.82) is 5.26 Å². The third-order valence-electron chi connectivity index (χ3n) is 3.37. The number of amides is 1. The van der Waals surface area contributed by atoms with Gasteiger partial charge in [-0.1, -0.05) is 12.1 Å². The minimum absolute atomic E-state index is 0.119. The predicted octanol–water partition coefficient (Wildman–Crippen LogP) is 3.06. The molecule has 1 aromatic heterocycles. The fourth-order valence-electron chi connectivity index (χ4n) is 2.20. The molecule has 0 fully saturated rings. The number of nitriles is 1. The molecule has 1 N–H and O–H groups in total. The molecule has 1 amide bonds. The summed E-state index contributed by atoms with van der Waals surface area (Å²) >= 11 is 1.58. The number of benzene rings is 1. The zero-order valence-corrected chi connectivity index (χ0v) is 14.1. The monoisotopic (exact) mass is 326 g/mol. The lowest BCUT2D eigenvalue weighted by Gasteiger charge is -2.19. The standard InChI is InChI=1S/C17H18N4OS/c1-12-8-9-19-17(13(12)10-18)21(2)11-16(22)20-14-6-4-5-7-15(14)23-3/h4-9H,11H2,1-3H3,(H,20,22). The lowest BCUT2D eigenvalue weighted by Crippen LogP contribution is -2.31. The predicted molar refractivity (Wildman–Crippen MR) is 93.8 cm³/mol. The Labute approximate surface area is 140 Å². The molecule has 0 bridgehead atoms. The summed E-state index contributed by atoms with van der Waals surface area (Å²) in [5.74, 6) is 0.363. The summed E-state index contributed by atoms with van der Waals surface area (Å²) in [4.78, 5) is 19.2. The highest BCUT2D eigenvalue weighted by atomic mass is 32.2. The second kappa shape index (κ2) is 7.65. The van der Waals surface area contributed by atoms with E-state index in [0.29, 0.717) is 11.4 Å². The van der Waals surface area contributed by atoms with Crippen molar-refractivity contribution in [3.05, 3.63) is 47.7 Å². The van der Waals surface area contributed by atoms with E-state index in [1.54, 1.807) is 36.0 Å². The average Bonchev–Trinajstić information content (AvgIpc) is 2.54. The second-order valence-electron chi connectivity index (χ2n) is 5.04. The Balaban J connectivity index is 2.12. The lowest BCUT2D eigenvalue weighted by molar-refractivity contribution is -0.114. The lowest BCUT2D eigenvalue weighted by atomic mass is 10.1. The largest absolute Gasteiger partial charge is 0.349 e. The van der Waals surface area contributed by atoms with Gasteiger partial charge in [0, 0.05) is 18.1 Å². The van der Waals surface area contributed by atoms with E-state index in [-0.39, 0.29) is 12.5 Å². The van der Waals surface area contributed by atoms with Crippen LogP contribution in [0.5, 0.6) is 0 Å². The average molecular weight is 326 g/mol. The molecule has 0 radical (unpaired) electrons. The number of hydrogen-bond acceptors (Lipinski definition) is 5. The Morgan fingerprint density at radius 1 is 1.39 bits per heavy atom. The number of nitrogens with zero attached hydrogens (tertiary/aromatic N) is 3. The van der Waals surface area contributed by atoms with Crippen molar-refractivity contribution >= 4 is 29.2 Å². The van der Waals surface area contributed by atoms with E-state index in [4.69, 9.17) is 0 Å². The van der Waals surface area contributed by atoms with E-state index in [1.165, 1.54) is 0 Å². The van der Waals surface area contributed by atoms with Crippen molar-refractivity contribution < 1.29 is 4.79 Å². The maximum absolute atomic E-state index is 12.3. The van der Waals surface area contributed by atoms with Crippen LogP contribution >= 0.6 is 11.8 Å². The molecule has 0 saturated heterocycles. The topological polar surface area (TPSA) is 69.0 Å². The third-order valence-corrected chi connectivity index (χ3v) is 4.17. The van der Waals surface area contributed by atoms with E-state index in [0.717, 1.165) is 16.1 Å². The van der Waals surface area contributed by atoms with Crippen molar-refractivity contribution in [2.45, 2.75) is 11.8 Å². The Hall–Kier alpha value is -2.52. The summed E-state index contributed by atoms with van der Waals surface area (Å²) in [5.41, 5.74) is 2.13. The highest BCUT2D eigenvalue weighted by molar-refractivity contribution is 7.98. The van der Waals surface area contributed by atoms with Crippen LogP contribution in [-0.4, -0.2) is 30.7 Å². The fraction of sp³-hybridized carbons (Fsp3) is 0.235. The molecule has 5 nitrogen and oxygen atoms in total. The normalized spacial score (nSPS) is 10.0. The number of thioether (sulfide) groups is 1. The molecule has 0 aliphatic carbocycles. The van der Waals surface area contributed by atoms with Gasteiger partial charge in [0.25, 0.3) is 0 Å². The molecular formula is C17H18N4OS. The number of anilines is 2. The Morgan fingerprint density at radius 2 is 2.13 bits per heavy atom. The highest BCUT2D eigenvalue weighted by Crippen LogP contribution is 2.24. The SMILES string of the molecule is CSc1ccccc1NC(=O)CN(C)c1nccc(C)c1C#N. The summed E-state index contributed by atoms with van der Waals surface area (Å²) in [7, 11) is 1.75. The van der Waals surface area contributed by atoms with Crippen molar-refractivity contribution in [3.8, 4) is 6.07 Å². The van der Waals surface area contributed by atoms with Crippen LogP contribution in [0, 0.1) is 18.3 Å². The van der Waals surface area contributed by atoms with Crippen LogP contribution in [0.25, 0.3) is 0 Å². The first-order valence-electron chi connectivity index (χ1n) is 7.06. The molecule has 118 valence electrons. The first kappa shape index (κ1) is 16.8. The summed E-state index contributed by atoms with van der Waals surface area (Å²) in [6.45, 7) is 1.97. The van der Waals surface area contributed by atoms with Gasteiger partial charge in [-0.05, 0) is 36.9 Å². The van der Waals surface area contributed by atoms with Gasteiger partial charge in [0.2, 0.25) is 5.91 Å². The number of para-hydroxylation sites is 1. The number of likely N-dealkylation sites (N-methyl/N-ethyl adjacent to an activating group) is 1. The second-order valence-corrected chi connectivity index (χ2v) is 5.89. The molecule has 1 heterocycles. The molecule has 6 heteroatoms. The quantitative estimate of drug-likeness (QED) is 0.855. The van der Waals surface area contributed by atoms with E-state index >= 15 is 0 Å². The number of nitrogens with one attached hydrogen (secondary N) is 1. The number of carbonyl (C=O) groups is 1. The van der Waals surface area contributed by atoms with Crippen LogP contribution in [0.15, 0.2) is 41.4 Å². The molecular weight excluding hydrogens is 308 g/mol. The maximum atomic E-state index is 12.3. The number of carbonyl (C=O) groups excluding carboxylic acids is 1. The first-order valence-corrected chi connectivity index (χ1v) is 8.29. The zero-order chi connectivity index (χ0) is 16.8. The van der Waals surface area contributed by atoms with Crippen molar-refractivity contribution in [3.63, 3.8) is 0 Å². The number of pyridine rings is 1. The molecule has 2 rings (SSSR count). The van der Waals surface area contributed by atoms with Crippen LogP contribution < -0.4 is 10.2 Å². The smallest absolute Gasteiger partial charge is 0.243 e. The third kappa shape index (κ3) is 4.02. The number of aromatic nitrogens is 1. The van der Waals surface area contributed by atoms with Crippen LogP contribution in [0.4, 0.5) is 11.5 Å². The van der Waals surface area contributed by atoms with Crippen LogP contribution in [0.3, 0.4) is 0 Å². The van der Waals surface area contributed by atoms with Crippen LogP contribution in [0.1, 0.15) is 11.1 Å². The van der Waals surface area contributed by atoms with Crippen molar-refractivity contribution in [2.75, 3.05) is 30.1 Å². The molecule has 0 aliphatic rings. The number of aryl methyl sites for hydroxylation is 1. The van der Waals surface area contributed by atoms with Gasteiger partial charge < -0.3 is 10.2 Å². The number of rotatable bonds is 5. The van der Waals surface area contributed by atoms with Gasteiger partial charge in [-0.15, -0.1) is 11.8 Å². The highest BCUT2D eigenvalue weighted by Gasteiger charge is 2.15. The van der Waals surface area contributed by atoms with E-state index in [9.17, 15) is 10.1 Å². The summed E-state index contributed by atoms with van der Waals surface area (Å²) in [6, 6.07) is 11.6. The molecule has 2 aromatic rings. The van der Waals surface area contributed by atoms with Crippen molar-refractivity contribution in [1.82, 2.24) is 4.98 Å². The molecule has 1 aromatic carbocycles. The van der Waals surface area contributed by atoms with E-state index < -0.39 is 0 Å². The van der Waals surface area contributed by atoms with E-state index in [2.05, 4.69) is 16.4 Å². The van der Waals surface area contributed by atoms with Gasteiger partial charge in [0.15, 0.2) is 0 Å². The Kier molecular flexibility index (Phi) is 5.61. The van der Waals surface area contributed by atoms with Crippen LogP contribution in [0.2, 0.25) is 0 Å². The van der Waals surface area contributed by atoms with Gasteiger partial charge in [0.1, 0.15) is 11.9 Å². The molecule has 0 saturated carbocycles. The minimum Gasteiger partial charge on any atom is -0.349 e. The zero-order valence-electron chi connectivity index (χ0n) is 13.3. The Bertz CT molecular complexity index is 754. The summed E-state index contributed by atoms with van der Waals surface area (Å²) in [5, 5.41) is 12.2. The van der Waals surface area contributed by atoms with E-state index in [1.807, 2.05) is 37.4 Å². The minimum atomic E-state index is -0.152. The molecule has 0 aliphatic heterocycles. The van der Waals surface area contributed by atoms with Gasteiger partial charge in [-0.25, -0.2) is 4.98 Å². The molecule has 0 unspecified atom stereocenters.